The van der Waals surface area contributed by atoms with Gasteiger partial charge >= 0.3 is 0 Å². The number of amides is 2. The molecule has 2 aromatic carbocycles. The maximum Gasteiger partial charge on any atom is 0.243 e. The molecule has 0 heterocycles. The van der Waals surface area contributed by atoms with Gasteiger partial charge in [-0.05, 0) is 59.3 Å². The fourth-order valence-corrected chi connectivity index (χ4v) is 3.06. The molecule has 0 radical (unpaired) electrons. The number of hydrogen-bond donors (Lipinski definition) is 3. The van der Waals surface area contributed by atoms with Gasteiger partial charge in [0, 0.05) is 10.7 Å². The molecule has 9 heteroatoms. The van der Waals surface area contributed by atoms with Crippen molar-refractivity contribution in [1.29, 1.82) is 0 Å². The molecule has 2 aromatic rings. The van der Waals surface area contributed by atoms with Crippen molar-refractivity contribution in [2.75, 3.05) is 30.3 Å². The summed E-state index contributed by atoms with van der Waals surface area (Å²) >= 11 is 9.39. The van der Waals surface area contributed by atoms with Gasteiger partial charge in [-0.15, -0.1) is 0 Å². The van der Waals surface area contributed by atoms with E-state index in [0.29, 0.717) is 33.2 Å². The Kier molecular flexibility index (Phi) is 7.87. The summed E-state index contributed by atoms with van der Waals surface area (Å²) in [5, 5.41) is 8.46. The normalized spacial score (nSPS) is 10.2. The maximum atomic E-state index is 12.8. The van der Waals surface area contributed by atoms with Gasteiger partial charge in [-0.25, -0.2) is 4.39 Å². The molecule has 0 fully saturated rings. The minimum Gasteiger partial charge on any atom is -0.491 e. The second-order valence-electron chi connectivity index (χ2n) is 5.38. The van der Waals surface area contributed by atoms with Crippen LogP contribution >= 0.6 is 27.5 Å². The highest BCUT2D eigenvalue weighted by Crippen LogP contribution is 2.36. The number of carbonyl (C=O) groups excluding carboxylic acids is 2. The van der Waals surface area contributed by atoms with Crippen molar-refractivity contribution in [3.8, 4) is 5.75 Å². The van der Waals surface area contributed by atoms with Crippen molar-refractivity contribution in [2.24, 2.45) is 0 Å². The molecule has 3 N–H and O–H groups in total. The van der Waals surface area contributed by atoms with Crippen LogP contribution in [0.25, 0.3) is 0 Å². The van der Waals surface area contributed by atoms with Gasteiger partial charge in [0.15, 0.2) is 5.75 Å². The summed E-state index contributed by atoms with van der Waals surface area (Å²) in [7, 11) is 0. The third-order valence-electron chi connectivity index (χ3n) is 3.31. The zero-order valence-electron chi connectivity index (χ0n) is 14.4. The number of carbonyl (C=O) groups is 2. The van der Waals surface area contributed by atoms with Gasteiger partial charge in [0.05, 0.1) is 29.9 Å². The Hall–Kier alpha value is -2.32. The second-order valence-corrected chi connectivity index (χ2v) is 6.67. The molecule has 0 aliphatic carbocycles. The Morgan fingerprint density at radius 2 is 1.85 bits per heavy atom. The zero-order valence-corrected chi connectivity index (χ0v) is 16.8. The van der Waals surface area contributed by atoms with E-state index >= 15 is 0 Å². The zero-order chi connectivity index (χ0) is 19.8. The summed E-state index contributed by atoms with van der Waals surface area (Å²) in [6, 6.07) is 8.67. The Morgan fingerprint density at radius 3 is 2.52 bits per heavy atom. The number of halogens is 3. The van der Waals surface area contributed by atoms with Crippen molar-refractivity contribution in [1.82, 2.24) is 5.32 Å². The van der Waals surface area contributed by atoms with Crippen LogP contribution in [0.1, 0.15) is 6.92 Å². The van der Waals surface area contributed by atoms with Crippen molar-refractivity contribution >= 4 is 50.7 Å². The minimum absolute atomic E-state index is 0.0727. The number of nitrogens with one attached hydrogen (secondary N) is 3. The van der Waals surface area contributed by atoms with Crippen LogP contribution in [0.5, 0.6) is 5.75 Å². The highest BCUT2D eigenvalue weighted by atomic mass is 79.9. The lowest BCUT2D eigenvalue weighted by atomic mass is 10.3. The average Bonchev–Trinajstić information content (AvgIpc) is 2.62. The summed E-state index contributed by atoms with van der Waals surface area (Å²) in [6.45, 7) is 2.01. The molecule has 0 saturated heterocycles. The van der Waals surface area contributed by atoms with Crippen LogP contribution in [0.4, 0.5) is 15.8 Å². The molecule has 0 unspecified atom stereocenters. The fraction of sp³-hybridized carbons (Fsp3) is 0.222. The Balaban J connectivity index is 1.84. The molecule has 144 valence electrons. The molecular formula is C18H18BrClFN3O3. The van der Waals surface area contributed by atoms with E-state index in [-0.39, 0.29) is 19.0 Å². The van der Waals surface area contributed by atoms with E-state index in [1.807, 2.05) is 6.92 Å². The molecule has 0 saturated carbocycles. The van der Waals surface area contributed by atoms with E-state index in [0.717, 1.165) is 0 Å². The lowest BCUT2D eigenvalue weighted by Crippen LogP contribution is -2.36. The molecular weight excluding hydrogens is 441 g/mol. The Bertz CT molecular complexity index is 818. The molecule has 0 aromatic heterocycles. The van der Waals surface area contributed by atoms with Gasteiger partial charge < -0.3 is 20.7 Å². The van der Waals surface area contributed by atoms with Crippen LogP contribution in [0.15, 0.2) is 40.9 Å². The van der Waals surface area contributed by atoms with Crippen LogP contribution in [0.2, 0.25) is 5.02 Å². The van der Waals surface area contributed by atoms with E-state index < -0.39 is 11.7 Å². The van der Waals surface area contributed by atoms with Crippen molar-refractivity contribution in [3.63, 3.8) is 0 Å². The van der Waals surface area contributed by atoms with E-state index in [9.17, 15) is 14.0 Å². The fourth-order valence-electron chi connectivity index (χ4n) is 2.14. The van der Waals surface area contributed by atoms with Crippen molar-refractivity contribution in [3.05, 3.63) is 51.7 Å². The molecule has 0 bridgehead atoms. The third kappa shape index (κ3) is 6.73. The smallest absolute Gasteiger partial charge is 0.243 e. The Labute approximate surface area is 169 Å². The van der Waals surface area contributed by atoms with E-state index in [1.165, 1.54) is 24.3 Å². The van der Waals surface area contributed by atoms with Crippen LogP contribution in [-0.4, -0.2) is 31.5 Å². The molecule has 2 amide bonds. The molecule has 0 aliphatic rings. The third-order valence-corrected chi connectivity index (χ3v) is 4.12. The molecule has 6 nitrogen and oxygen atoms in total. The van der Waals surface area contributed by atoms with Crippen LogP contribution in [0.3, 0.4) is 0 Å². The quantitative estimate of drug-likeness (QED) is 0.562. The standard InChI is InChI=1S/C18H18BrClFN3O3/c1-2-27-18-14(19)7-11(20)8-15(18)22-9-16(25)23-10-17(26)24-13-5-3-12(21)4-6-13/h3-8,22H,2,9-10H2,1H3,(H,23,25)(H,24,26). The van der Waals surface area contributed by atoms with Gasteiger partial charge in [0.25, 0.3) is 0 Å². The van der Waals surface area contributed by atoms with Gasteiger partial charge in [0.2, 0.25) is 11.8 Å². The van der Waals surface area contributed by atoms with Gasteiger partial charge in [-0.1, -0.05) is 11.6 Å². The number of hydrogen-bond acceptors (Lipinski definition) is 4. The number of ether oxygens (including phenoxy) is 1. The van der Waals surface area contributed by atoms with Crippen LogP contribution in [0, 0.1) is 5.82 Å². The van der Waals surface area contributed by atoms with E-state index in [4.69, 9.17) is 16.3 Å². The average molecular weight is 459 g/mol. The topological polar surface area (TPSA) is 79.5 Å². The number of rotatable bonds is 8. The number of anilines is 2. The summed E-state index contributed by atoms with van der Waals surface area (Å²) in [4.78, 5) is 23.8. The Morgan fingerprint density at radius 1 is 1.15 bits per heavy atom. The van der Waals surface area contributed by atoms with Crippen molar-refractivity contribution in [2.45, 2.75) is 6.92 Å². The largest absolute Gasteiger partial charge is 0.491 e. The molecule has 2 rings (SSSR count). The molecule has 27 heavy (non-hydrogen) atoms. The maximum absolute atomic E-state index is 12.8. The monoisotopic (exact) mass is 457 g/mol. The van der Waals surface area contributed by atoms with Crippen molar-refractivity contribution < 1.29 is 18.7 Å². The first-order valence-corrected chi connectivity index (χ1v) is 9.24. The highest BCUT2D eigenvalue weighted by Gasteiger charge is 2.12. The van der Waals surface area contributed by atoms with Gasteiger partial charge in [-0.3, -0.25) is 9.59 Å². The summed E-state index contributed by atoms with van der Waals surface area (Å²) in [5.41, 5.74) is 1.00. The summed E-state index contributed by atoms with van der Waals surface area (Å²) < 4.78 is 19.0. The van der Waals surface area contributed by atoms with Crippen LogP contribution < -0.4 is 20.7 Å². The lowest BCUT2D eigenvalue weighted by Gasteiger charge is -2.14. The van der Waals surface area contributed by atoms with Gasteiger partial charge in [-0.2, -0.15) is 0 Å². The first-order chi connectivity index (χ1) is 12.9. The first kappa shape index (κ1) is 21.0. The second kappa shape index (κ2) is 10.1. The van der Waals surface area contributed by atoms with E-state index in [1.54, 1.807) is 12.1 Å². The molecule has 0 atom stereocenters. The number of benzene rings is 2. The summed E-state index contributed by atoms with van der Waals surface area (Å²) in [6.07, 6.45) is 0. The SMILES string of the molecule is CCOc1c(Br)cc(Cl)cc1NCC(=O)NCC(=O)Nc1ccc(F)cc1. The summed E-state index contributed by atoms with van der Waals surface area (Å²) in [5.74, 6) is -0.659. The lowest BCUT2D eigenvalue weighted by molar-refractivity contribution is -0.122. The molecule has 0 spiro atoms. The van der Waals surface area contributed by atoms with Crippen LogP contribution in [-0.2, 0) is 9.59 Å². The first-order valence-electron chi connectivity index (χ1n) is 8.07. The van der Waals surface area contributed by atoms with Gasteiger partial charge in [0.1, 0.15) is 5.82 Å². The van der Waals surface area contributed by atoms with E-state index in [2.05, 4.69) is 31.9 Å². The highest BCUT2D eigenvalue weighted by molar-refractivity contribution is 9.10. The predicted octanol–water partition coefficient (Wildman–Crippen LogP) is 3.81. The molecule has 0 aliphatic heterocycles. The minimum atomic E-state index is -0.421. The predicted molar refractivity (Wildman–Crippen MR) is 107 cm³/mol.